The fraction of sp³-hybridized carbons (Fsp3) is 0.583. The highest BCUT2D eigenvalue weighted by atomic mass is 19.1. The molecule has 1 aromatic rings. The Hall–Kier alpha value is -1.72. The van der Waals surface area contributed by atoms with Gasteiger partial charge in [0.1, 0.15) is 12.4 Å². The van der Waals surface area contributed by atoms with Crippen molar-refractivity contribution in [3.8, 4) is 0 Å². The molecule has 0 saturated carbocycles. The number of nitrogens with one attached hydrogen (secondary N) is 1. The van der Waals surface area contributed by atoms with Crippen molar-refractivity contribution in [3.63, 3.8) is 0 Å². The van der Waals surface area contributed by atoms with Gasteiger partial charge in [0.05, 0.1) is 5.69 Å². The Morgan fingerprint density at radius 1 is 1.44 bits per heavy atom. The van der Waals surface area contributed by atoms with Crippen LogP contribution in [0.1, 0.15) is 25.5 Å². The van der Waals surface area contributed by atoms with Crippen molar-refractivity contribution in [1.29, 1.82) is 0 Å². The van der Waals surface area contributed by atoms with E-state index in [0.717, 1.165) is 25.9 Å². The molecule has 5 nitrogen and oxygen atoms in total. The quantitative estimate of drug-likeness (QED) is 0.882. The third kappa shape index (κ3) is 2.57. The Bertz CT molecular complexity index is 446. The fourth-order valence-corrected chi connectivity index (χ4v) is 2.04. The second-order valence-electron chi connectivity index (χ2n) is 4.52. The van der Waals surface area contributed by atoms with Gasteiger partial charge in [-0.15, -0.1) is 0 Å². The monoisotopic (exact) mass is 252 g/mol. The summed E-state index contributed by atoms with van der Waals surface area (Å²) in [4.78, 5) is 21.4. The number of hydrogen-bond donors (Lipinski definition) is 1. The summed E-state index contributed by atoms with van der Waals surface area (Å²) in [5, 5.41) is 2.81. The van der Waals surface area contributed by atoms with Crippen LogP contribution in [0.3, 0.4) is 0 Å². The molecule has 6 heteroatoms. The Morgan fingerprint density at radius 2 is 2.11 bits per heavy atom. The van der Waals surface area contributed by atoms with Gasteiger partial charge in [0.2, 0.25) is 5.91 Å². The molecule has 1 fully saturated rings. The summed E-state index contributed by atoms with van der Waals surface area (Å²) in [6.45, 7) is 4.86. The summed E-state index contributed by atoms with van der Waals surface area (Å²) in [5.74, 6) is -0.427. The number of halogens is 1. The van der Waals surface area contributed by atoms with Gasteiger partial charge < -0.3 is 10.2 Å². The first-order valence-electron chi connectivity index (χ1n) is 6.12. The summed E-state index contributed by atoms with van der Waals surface area (Å²) in [7, 11) is 0. The van der Waals surface area contributed by atoms with Crippen molar-refractivity contribution in [2.75, 3.05) is 18.4 Å². The van der Waals surface area contributed by atoms with Crippen molar-refractivity contribution >= 4 is 11.7 Å². The van der Waals surface area contributed by atoms with Crippen LogP contribution in [-0.4, -0.2) is 39.9 Å². The topological polar surface area (TPSA) is 58.1 Å². The van der Waals surface area contributed by atoms with E-state index in [-0.39, 0.29) is 17.4 Å². The van der Waals surface area contributed by atoms with E-state index in [1.54, 1.807) is 18.7 Å². The predicted octanol–water partition coefficient (Wildman–Crippen LogP) is 1.35. The molecule has 18 heavy (non-hydrogen) atoms. The highest BCUT2D eigenvalue weighted by molar-refractivity contribution is 5.84. The largest absolute Gasteiger partial charge is 0.356 e. The summed E-state index contributed by atoms with van der Waals surface area (Å²) in [5.41, 5.74) is 0.272. The van der Waals surface area contributed by atoms with Gasteiger partial charge in [-0.25, -0.2) is 14.4 Å². The van der Waals surface area contributed by atoms with Crippen LogP contribution in [0.4, 0.5) is 10.2 Å². The molecular weight excluding hydrogens is 235 g/mol. The summed E-state index contributed by atoms with van der Waals surface area (Å²) in [6.07, 6.45) is 3.37. The van der Waals surface area contributed by atoms with Crippen LogP contribution in [0, 0.1) is 12.7 Å². The molecule has 0 aliphatic carbocycles. The van der Waals surface area contributed by atoms with Crippen molar-refractivity contribution < 1.29 is 9.18 Å². The number of nitrogens with zero attached hydrogens (tertiary/aromatic N) is 3. The fourth-order valence-electron chi connectivity index (χ4n) is 2.04. The molecule has 2 heterocycles. The molecule has 1 saturated heterocycles. The van der Waals surface area contributed by atoms with E-state index in [4.69, 9.17) is 0 Å². The van der Waals surface area contributed by atoms with Crippen LogP contribution < -0.4 is 5.32 Å². The maximum Gasteiger partial charge on any atom is 0.244 e. The van der Waals surface area contributed by atoms with Crippen LogP contribution in [0.15, 0.2) is 6.33 Å². The minimum Gasteiger partial charge on any atom is -0.356 e. The van der Waals surface area contributed by atoms with Crippen LogP contribution in [-0.2, 0) is 4.79 Å². The van der Waals surface area contributed by atoms with E-state index in [0.29, 0.717) is 0 Å². The number of aryl methyl sites for hydroxylation is 1. The first-order chi connectivity index (χ1) is 8.59. The molecule has 1 unspecified atom stereocenters. The van der Waals surface area contributed by atoms with E-state index in [1.165, 1.54) is 6.33 Å². The Labute approximate surface area is 105 Å². The first-order valence-corrected chi connectivity index (χ1v) is 6.12. The lowest BCUT2D eigenvalue weighted by Gasteiger charge is -2.21. The van der Waals surface area contributed by atoms with E-state index < -0.39 is 11.9 Å². The van der Waals surface area contributed by atoms with E-state index in [1.807, 2.05) is 0 Å². The number of carbonyl (C=O) groups excluding carboxylic acids is 1. The molecule has 0 spiro atoms. The van der Waals surface area contributed by atoms with Gasteiger partial charge in [0.15, 0.2) is 11.6 Å². The van der Waals surface area contributed by atoms with Crippen LogP contribution in [0.2, 0.25) is 0 Å². The number of likely N-dealkylation sites (tertiary alicyclic amines) is 1. The third-order valence-electron chi connectivity index (χ3n) is 3.11. The van der Waals surface area contributed by atoms with Gasteiger partial charge in [-0.2, -0.15) is 0 Å². The zero-order valence-corrected chi connectivity index (χ0v) is 10.6. The minimum atomic E-state index is -0.501. The number of rotatable bonds is 3. The van der Waals surface area contributed by atoms with Gasteiger partial charge in [-0.3, -0.25) is 4.79 Å². The molecule has 2 rings (SSSR count). The maximum atomic E-state index is 13.7. The van der Waals surface area contributed by atoms with Crippen LogP contribution in [0.5, 0.6) is 0 Å². The van der Waals surface area contributed by atoms with Crippen molar-refractivity contribution in [2.24, 2.45) is 0 Å². The lowest BCUT2D eigenvalue weighted by Crippen LogP contribution is -2.40. The molecule has 1 N–H and O–H groups in total. The lowest BCUT2D eigenvalue weighted by molar-refractivity contribution is -0.130. The molecular formula is C12H17FN4O. The first kappa shape index (κ1) is 12.7. The van der Waals surface area contributed by atoms with Gasteiger partial charge in [0, 0.05) is 13.1 Å². The van der Waals surface area contributed by atoms with Crippen molar-refractivity contribution in [3.05, 3.63) is 17.8 Å². The molecule has 1 aliphatic heterocycles. The van der Waals surface area contributed by atoms with Gasteiger partial charge in [0.25, 0.3) is 0 Å². The van der Waals surface area contributed by atoms with Gasteiger partial charge >= 0.3 is 0 Å². The van der Waals surface area contributed by atoms with Crippen LogP contribution in [0.25, 0.3) is 0 Å². The Morgan fingerprint density at radius 3 is 2.78 bits per heavy atom. The van der Waals surface area contributed by atoms with E-state index in [9.17, 15) is 9.18 Å². The van der Waals surface area contributed by atoms with Crippen molar-refractivity contribution in [1.82, 2.24) is 14.9 Å². The number of amides is 1. The maximum absolute atomic E-state index is 13.7. The number of anilines is 1. The van der Waals surface area contributed by atoms with Crippen LogP contribution >= 0.6 is 0 Å². The summed E-state index contributed by atoms with van der Waals surface area (Å²) >= 11 is 0. The minimum absolute atomic E-state index is 0.0110. The highest BCUT2D eigenvalue weighted by Crippen LogP contribution is 2.15. The van der Waals surface area contributed by atoms with E-state index >= 15 is 0 Å². The predicted molar refractivity (Wildman–Crippen MR) is 65.6 cm³/mol. The molecule has 0 bridgehead atoms. The van der Waals surface area contributed by atoms with Gasteiger partial charge in [-0.1, -0.05) is 0 Å². The molecule has 0 aromatic carbocycles. The SMILES string of the molecule is Cc1ncnc(NC(C)C(=O)N2CCCC2)c1F. The second kappa shape index (κ2) is 5.29. The Balaban J connectivity index is 2.04. The summed E-state index contributed by atoms with van der Waals surface area (Å²) in [6, 6.07) is -0.480. The zero-order valence-electron chi connectivity index (χ0n) is 10.6. The molecule has 1 aromatic heterocycles. The standard InChI is InChI=1S/C12H17FN4O/c1-8-10(13)11(15-7-14-8)16-9(2)12(18)17-5-3-4-6-17/h7,9H,3-6H2,1-2H3,(H,14,15,16). The molecule has 0 radical (unpaired) electrons. The number of carbonyl (C=O) groups is 1. The third-order valence-corrected chi connectivity index (χ3v) is 3.11. The van der Waals surface area contributed by atoms with Gasteiger partial charge in [-0.05, 0) is 26.7 Å². The molecule has 1 aliphatic rings. The number of aromatic nitrogens is 2. The van der Waals surface area contributed by atoms with E-state index in [2.05, 4.69) is 15.3 Å². The average Bonchev–Trinajstić information content (AvgIpc) is 2.87. The summed E-state index contributed by atoms with van der Waals surface area (Å²) < 4.78 is 13.7. The average molecular weight is 252 g/mol. The molecule has 98 valence electrons. The molecule has 1 atom stereocenters. The second-order valence-corrected chi connectivity index (χ2v) is 4.52. The lowest BCUT2D eigenvalue weighted by atomic mass is 10.3. The smallest absolute Gasteiger partial charge is 0.244 e. The normalized spacial score (nSPS) is 16.7. The zero-order chi connectivity index (χ0) is 13.1. The highest BCUT2D eigenvalue weighted by Gasteiger charge is 2.24. The van der Waals surface area contributed by atoms with Crippen molar-refractivity contribution in [2.45, 2.75) is 32.7 Å². The Kier molecular flexibility index (Phi) is 3.74. The molecule has 1 amide bonds. The number of hydrogen-bond acceptors (Lipinski definition) is 4.